The highest BCUT2D eigenvalue weighted by atomic mass is 35.5. The molecule has 0 saturated carbocycles. The highest BCUT2D eigenvalue weighted by Crippen LogP contribution is 2.25. The molecule has 0 aliphatic rings. The number of carbonyl (C=O) groups is 1. The summed E-state index contributed by atoms with van der Waals surface area (Å²) in [4.78, 5) is 16.5. The van der Waals surface area contributed by atoms with Crippen LogP contribution in [0.2, 0.25) is 5.02 Å². The first-order valence-corrected chi connectivity index (χ1v) is 10.9. The Balaban J connectivity index is 1.50. The minimum atomic E-state index is -3.89. The van der Waals surface area contributed by atoms with Crippen molar-refractivity contribution in [1.29, 1.82) is 0 Å². The lowest BCUT2D eigenvalue weighted by Crippen LogP contribution is -2.15. The fourth-order valence-electron chi connectivity index (χ4n) is 2.80. The number of para-hydroxylation sites is 1. The minimum absolute atomic E-state index is 0.00764. The molecular formula is C21H16ClN5O3S. The molecule has 0 bridgehead atoms. The van der Waals surface area contributed by atoms with Gasteiger partial charge in [-0.1, -0.05) is 29.8 Å². The third-order valence-corrected chi connectivity index (χ3v) is 6.03. The number of sulfonamides is 1. The van der Waals surface area contributed by atoms with Gasteiger partial charge in [-0.3, -0.25) is 9.52 Å². The topological polar surface area (TPSA) is 106 Å². The summed E-state index contributed by atoms with van der Waals surface area (Å²) < 4.78 is 29.5. The lowest BCUT2D eigenvalue weighted by Gasteiger charge is -2.11. The molecule has 0 radical (unpaired) electrons. The maximum absolute atomic E-state index is 12.7. The first-order chi connectivity index (χ1) is 14.9. The number of hydrogen-bond acceptors (Lipinski definition) is 5. The molecule has 1 heterocycles. The molecule has 1 aromatic heterocycles. The number of nitrogens with zero attached hydrogens (tertiary/aromatic N) is 3. The van der Waals surface area contributed by atoms with Crippen LogP contribution in [-0.4, -0.2) is 29.1 Å². The van der Waals surface area contributed by atoms with E-state index in [0.29, 0.717) is 11.3 Å². The maximum atomic E-state index is 12.7. The summed E-state index contributed by atoms with van der Waals surface area (Å²) in [7, 11) is -3.89. The number of rotatable bonds is 6. The zero-order valence-corrected chi connectivity index (χ0v) is 17.5. The molecule has 4 aromatic rings. The molecular weight excluding hydrogens is 438 g/mol. The highest BCUT2D eigenvalue weighted by molar-refractivity contribution is 7.92. The second kappa shape index (κ2) is 8.58. The van der Waals surface area contributed by atoms with Gasteiger partial charge in [0.05, 0.1) is 21.3 Å². The molecule has 0 saturated heterocycles. The van der Waals surface area contributed by atoms with Gasteiger partial charge in [0.25, 0.3) is 15.9 Å². The van der Waals surface area contributed by atoms with Gasteiger partial charge in [-0.05, 0) is 54.6 Å². The van der Waals surface area contributed by atoms with Gasteiger partial charge in [-0.25, -0.2) is 18.1 Å². The molecule has 10 heteroatoms. The van der Waals surface area contributed by atoms with Gasteiger partial charge in [0.2, 0.25) is 0 Å². The van der Waals surface area contributed by atoms with Gasteiger partial charge in [0.1, 0.15) is 12.7 Å². The number of nitrogens with one attached hydrogen (secondary N) is 2. The highest BCUT2D eigenvalue weighted by Gasteiger charge is 2.17. The molecule has 0 unspecified atom stereocenters. The minimum Gasteiger partial charge on any atom is -0.322 e. The summed E-state index contributed by atoms with van der Waals surface area (Å²) in [5.74, 6) is -0.376. The van der Waals surface area contributed by atoms with Crippen molar-refractivity contribution in [3.05, 3.63) is 96.0 Å². The number of amides is 1. The summed E-state index contributed by atoms with van der Waals surface area (Å²) in [5, 5.41) is 7.02. The Morgan fingerprint density at radius 1 is 0.968 bits per heavy atom. The molecule has 156 valence electrons. The molecule has 3 aromatic carbocycles. The molecule has 4 rings (SSSR count). The van der Waals surface area contributed by atoms with E-state index < -0.39 is 10.0 Å². The normalized spacial score (nSPS) is 11.1. The van der Waals surface area contributed by atoms with Crippen LogP contribution in [0.5, 0.6) is 0 Å². The van der Waals surface area contributed by atoms with Crippen molar-refractivity contribution in [2.75, 3.05) is 10.0 Å². The quantitative estimate of drug-likeness (QED) is 0.459. The van der Waals surface area contributed by atoms with Crippen LogP contribution in [0.1, 0.15) is 10.4 Å². The Kier molecular flexibility index (Phi) is 5.70. The van der Waals surface area contributed by atoms with Crippen molar-refractivity contribution in [3.8, 4) is 5.69 Å². The number of anilines is 2. The third kappa shape index (κ3) is 4.73. The molecule has 31 heavy (non-hydrogen) atoms. The predicted molar refractivity (Wildman–Crippen MR) is 118 cm³/mol. The van der Waals surface area contributed by atoms with E-state index in [2.05, 4.69) is 20.1 Å². The maximum Gasteiger partial charge on any atom is 0.262 e. The van der Waals surface area contributed by atoms with E-state index in [0.717, 1.165) is 5.69 Å². The SMILES string of the molecule is O=C(Nc1cccc(S(=O)(=O)Nc2ccccc2Cl)c1)c1ccc(-n2cncn2)cc1. The Labute approximate surface area is 183 Å². The van der Waals surface area contributed by atoms with E-state index in [1.807, 2.05) is 0 Å². The van der Waals surface area contributed by atoms with Crippen molar-refractivity contribution in [3.63, 3.8) is 0 Å². The number of carbonyl (C=O) groups excluding carboxylic acids is 1. The summed E-state index contributed by atoms with van der Waals surface area (Å²) in [5.41, 5.74) is 1.78. The average molecular weight is 454 g/mol. The van der Waals surface area contributed by atoms with Gasteiger partial charge in [0, 0.05) is 11.3 Å². The average Bonchev–Trinajstić information content (AvgIpc) is 3.31. The monoisotopic (exact) mass is 453 g/mol. The Hall–Kier alpha value is -3.69. The second-order valence-corrected chi connectivity index (χ2v) is 8.54. The van der Waals surface area contributed by atoms with Crippen molar-refractivity contribution in [2.45, 2.75) is 4.90 Å². The molecule has 1 amide bonds. The fraction of sp³-hybridized carbons (Fsp3) is 0. The van der Waals surface area contributed by atoms with Crippen LogP contribution in [0.15, 0.2) is 90.3 Å². The smallest absolute Gasteiger partial charge is 0.262 e. The number of hydrogen-bond donors (Lipinski definition) is 2. The largest absolute Gasteiger partial charge is 0.322 e. The second-order valence-electron chi connectivity index (χ2n) is 6.45. The van der Waals surface area contributed by atoms with E-state index in [-0.39, 0.29) is 21.5 Å². The lowest BCUT2D eigenvalue weighted by molar-refractivity contribution is 0.102. The summed E-state index contributed by atoms with van der Waals surface area (Å²) >= 11 is 6.04. The number of benzene rings is 3. The summed E-state index contributed by atoms with van der Waals surface area (Å²) in [6.07, 6.45) is 2.97. The summed E-state index contributed by atoms with van der Waals surface area (Å²) in [6, 6.07) is 19.2. The van der Waals surface area contributed by atoms with Crippen LogP contribution in [0.25, 0.3) is 5.69 Å². The van der Waals surface area contributed by atoms with Crippen LogP contribution >= 0.6 is 11.6 Å². The zero-order valence-electron chi connectivity index (χ0n) is 15.9. The van der Waals surface area contributed by atoms with Gasteiger partial charge >= 0.3 is 0 Å². The number of halogens is 1. The van der Waals surface area contributed by atoms with Crippen molar-refractivity contribution < 1.29 is 13.2 Å². The Morgan fingerprint density at radius 2 is 1.74 bits per heavy atom. The molecule has 2 N–H and O–H groups in total. The van der Waals surface area contributed by atoms with Gasteiger partial charge in [-0.15, -0.1) is 0 Å². The number of aromatic nitrogens is 3. The van der Waals surface area contributed by atoms with Crippen LogP contribution in [-0.2, 0) is 10.0 Å². The van der Waals surface area contributed by atoms with Crippen LogP contribution in [0, 0.1) is 0 Å². The van der Waals surface area contributed by atoms with Gasteiger partial charge < -0.3 is 5.32 Å². The molecule has 0 fully saturated rings. The first-order valence-electron chi connectivity index (χ1n) is 9.06. The van der Waals surface area contributed by atoms with Crippen molar-refractivity contribution in [2.24, 2.45) is 0 Å². The predicted octanol–water partition coefficient (Wildman–Crippen LogP) is 3.97. The van der Waals surface area contributed by atoms with E-state index in [9.17, 15) is 13.2 Å². The lowest BCUT2D eigenvalue weighted by atomic mass is 10.2. The molecule has 0 aliphatic carbocycles. The Bertz CT molecular complexity index is 1320. The van der Waals surface area contributed by atoms with Gasteiger partial charge in [-0.2, -0.15) is 5.10 Å². The van der Waals surface area contributed by atoms with Crippen LogP contribution in [0.4, 0.5) is 11.4 Å². The zero-order chi connectivity index (χ0) is 21.8. The van der Waals surface area contributed by atoms with E-state index in [1.54, 1.807) is 71.7 Å². The Morgan fingerprint density at radius 3 is 2.45 bits per heavy atom. The van der Waals surface area contributed by atoms with Crippen molar-refractivity contribution in [1.82, 2.24) is 14.8 Å². The third-order valence-electron chi connectivity index (χ3n) is 4.33. The molecule has 0 aliphatic heterocycles. The van der Waals surface area contributed by atoms with E-state index in [4.69, 9.17) is 11.6 Å². The van der Waals surface area contributed by atoms with Gasteiger partial charge in [0.15, 0.2) is 0 Å². The molecule has 8 nitrogen and oxygen atoms in total. The fourth-order valence-corrected chi connectivity index (χ4v) is 4.16. The molecule has 0 spiro atoms. The van der Waals surface area contributed by atoms with Crippen LogP contribution in [0.3, 0.4) is 0 Å². The van der Waals surface area contributed by atoms with E-state index >= 15 is 0 Å². The summed E-state index contributed by atoms with van der Waals surface area (Å²) in [6.45, 7) is 0. The first kappa shape index (κ1) is 20.6. The van der Waals surface area contributed by atoms with Crippen molar-refractivity contribution >= 4 is 38.9 Å². The molecule has 0 atom stereocenters. The van der Waals surface area contributed by atoms with E-state index in [1.165, 1.54) is 18.5 Å². The van der Waals surface area contributed by atoms with Crippen LogP contribution < -0.4 is 10.0 Å². The standard InChI is InChI=1S/C21H16ClN5O3S/c22-19-6-1-2-7-20(19)26-31(29,30)18-5-3-4-16(12-18)25-21(28)15-8-10-17(11-9-15)27-14-23-13-24-27/h1-14,26H,(H,25,28).